The molecule has 2 aromatic rings. The summed E-state index contributed by atoms with van der Waals surface area (Å²) in [6.07, 6.45) is 2.83. The van der Waals surface area contributed by atoms with Crippen LogP contribution in [0.1, 0.15) is 38.1 Å². The number of nitrogens with two attached hydrogens (primary N) is 1. The van der Waals surface area contributed by atoms with Crippen molar-refractivity contribution in [1.29, 1.82) is 0 Å². The molecule has 1 fully saturated rings. The number of nitrogens with one attached hydrogen (secondary N) is 1. The van der Waals surface area contributed by atoms with Crippen molar-refractivity contribution in [3.63, 3.8) is 0 Å². The number of hydrogen-bond acceptors (Lipinski definition) is 7. The molecular formula is C20H27N5O4S. The van der Waals surface area contributed by atoms with E-state index in [0.29, 0.717) is 37.4 Å². The van der Waals surface area contributed by atoms with Crippen molar-refractivity contribution in [3.05, 3.63) is 30.1 Å². The Hall–Kier alpha value is -2.75. The third-order valence-electron chi connectivity index (χ3n) is 4.40. The molecule has 2 amide bonds. The highest BCUT2D eigenvalue weighted by molar-refractivity contribution is 7.99. The molecule has 3 rings (SSSR count). The van der Waals surface area contributed by atoms with E-state index in [1.807, 2.05) is 35.8 Å². The average molecular weight is 434 g/mol. The van der Waals surface area contributed by atoms with Gasteiger partial charge < -0.3 is 25.1 Å². The van der Waals surface area contributed by atoms with E-state index < -0.39 is 0 Å². The molecule has 9 nitrogen and oxygen atoms in total. The minimum atomic E-state index is -0.360. The largest absolute Gasteiger partial charge is 0.494 e. The van der Waals surface area contributed by atoms with Crippen molar-refractivity contribution in [2.45, 2.75) is 43.8 Å². The number of thioether (sulfide) groups is 1. The zero-order chi connectivity index (χ0) is 21.3. The van der Waals surface area contributed by atoms with Crippen molar-refractivity contribution < 1.29 is 19.1 Å². The Morgan fingerprint density at radius 3 is 2.53 bits per heavy atom. The van der Waals surface area contributed by atoms with E-state index in [1.165, 1.54) is 11.8 Å². The predicted molar refractivity (Wildman–Crippen MR) is 113 cm³/mol. The fraction of sp³-hybridized carbons (Fsp3) is 0.500. The topological polar surface area (TPSA) is 121 Å². The molecule has 0 atom stereocenters. The summed E-state index contributed by atoms with van der Waals surface area (Å²) >= 11 is 1.35. The van der Waals surface area contributed by atoms with Crippen LogP contribution in [-0.4, -0.2) is 52.1 Å². The lowest BCUT2D eigenvalue weighted by Gasteiger charge is -2.10. The number of aryl methyl sites for hydroxylation is 1. The maximum absolute atomic E-state index is 12.1. The van der Waals surface area contributed by atoms with Crippen molar-refractivity contribution in [2.24, 2.45) is 5.73 Å². The molecule has 1 aromatic carbocycles. The Balaban J connectivity index is 1.39. The van der Waals surface area contributed by atoms with Crippen LogP contribution in [0.4, 0.5) is 0 Å². The van der Waals surface area contributed by atoms with Gasteiger partial charge in [0.25, 0.3) is 0 Å². The number of carbonyl (C=O) groups excluding carboxylic acids is 2. The van der Waals surface area contributed by atoms with Gasteiger partial charge in [0, 0.05) is 18.9 Å². The molecule has 1 saturated carbocycles. The Labute approximate surface area is 179 Å². The number of amides is 2. The zero-order valence-corrected chi connectivity index (χ0v) is 17.8. The Morgan fingerprint density at radius 1 is 1.20 bits per heavy atom. The summed E-state index contributed by atoms with van der Waals surface area (Å²) in [6, 6.07) is 7.73. The number of ether oxygens (including phenoxy) is 2. The first-order chi connectivity index (χ1) is 14.6. The highest BCUT2D eigenvalue weighted by Gasteiger charge is 2.29. The lowest BCUT2D eigenvalue weighted by atomic mass is 10.3. The number of carbonyl (C=O) groups is 2. The number of nitrogens with zero attached hydrogens (tertiary/aromatic N) is 3. The zero-order valence-electron chi connectivity index (χ0n) is 17.0. The quantitative estimate of drug-likeness (QED) is 0.364. The fourth-order valence-corrected chi connectivity index (χ4v) is 3.70. The first kappa shape index (κ1) is 21.9. The molecule has 0 aliphatic heterocycles. The highest BCUT2D eigenvalue weighted by Crippen LogP contribution is 2.38. The van der Waals surface area contributed by atoms with Gasteiger partial charge in [0.1, 0.15) is 23.9 Å². The highest BCUT2D eigenvalue weighted by atomic mass is 32.2. The SMILES string of the molecule is CCOc1ccc(OCCNC(=O)CSc2nnc(CCC(N)=O)n2C2CC2)cc1. The number of primary amides is 1. The lowest BCUT2D eigenvalue weighted by molar-refractivity contribution is -0.119. The standard InChI is InChI=1S/C20H27N5O4S/c1-2-28-15-5-7-16(8-6-15)29-12-11-22-19(27)13-30-20-24-23-18(10-9-17(21)26)25(20)14-3-4-14/h5-8,14H,2-4,9-13H2,1H3,(H2,21,26)(H,22,27). The summed E-state index contributed by atoms with van der Waals surface area (Å²) < 4.78 is 13.0. The number of hydrogen-bond donors (Lipinski definition) is 2. The van der Waals surface area contributed by atoms with E-state index in [0.717, 1.165) is 30.2 Å². The summed E-state index contributed by atoms with van der Waals surface area (Å²) in [5.74, 6) is 2.06. The maximum atomic E-state index is 12.1. The molecule has 1 aromatic heterocycles. The first-order valence-corrected chi connectivity index (χ1v) is 11.0. The Bertz CT molecular complexity index is 851. The van der Waals surface area contributed by atoms with Crippen LogP contribution >= 0.6 is 11.8 Å². The van der Waals surface area contributed by atoms with Gasteiger partial charge in [-0.1, -0.05) is 11.8 Å². The third-order valence-corrected chi connectivity index (χ3v) is 5.35. The summed E-state index contributed by atoms with van der Waals surface area (Å²) in [6.45, 7) is 3.34. The second kappa shape index (κ2) is 10.9. The normalized spacial score (nSPS) is 13.1. The number of benzene rings is 1. The van der Waals surface area contributed by atoms with Crippen molar-refractivity contribution >= 4 is 23.6 Å². The van der Waals surface area contributed by atoms with E-state index in [2.05, 4.69) is 15.5 Å². The second-order valence-corrected chi connectivity index (χ2v) is 7.80. The number of aromatic nitrogens is 3. The van der Waals surface area contributed by atoms with Gasteiger partial charge in [-0.25, -0.2) is 0 Å². The molecule has 1 aliphatic rings. The summed E-state index contributed by atoms with van der Waals surface area (Å²) in [4.78, 5) is 23.2. The van der Waals surface area contributed by atoms with Gasteiger partial charge in [0.15, 0.2) is 5.16 Å². The van der Waals surface area contributed by atoms with E-state index >= 15 is 0 Å². The molecule has 1 heterocycles. The summed E-state index contributed by atoms with van der Waals surface area (Å²) in [5.41, 5.74) is 5.23. The molecule has 0 spiro atoms. The molecule has 0 unspecified atom stereocenters. The van der Waals surface area contributed by atoms with E-state index in [9.17, 15) is 9.59 Å². The van der Waals surface area contributed by atoms with E-state index in [1.54, 1.807) is 0 Å². The van der Waals surface area contributed by atoms with Crippen LogP contribution in [0.5, 0.6) is 11.5 Å². The van der Waals surface area contributed by atoms with Crippen molar-refractivity contribution in [1.82, 2.24) is 20.1 Å². The third kappa shape index (κ3) is 6.65. The Kier molecular flexibility index (Phi) is 7.95. The maximum Gasteiger partial charge on any atom is 0.230 e. The summed E-state index contributed by atoms with van der Waals surface area (Å²) in [5, 5.41) is 11.9. The van der Waals surface area contributed by atoms with Crippen LogP contribution in [0.2, 0.25) is 0 Å². The van der Waals surface area contributed by atoms with Gasteiger partial charge in [-0.05, 0) is 44.0 Å². The molecular weight excluding hydrogens is 406 g/mol. The molecule has 10 heteroatoms. The van der Waals surface area contributed by atoms with Gasteiger partial charge in [-0.2, -0.15) is 0 Å². The molecule has 30 heavy (non-hydrogen) atoms. The smallest absolute Gasteiger partial charge is 0.230 e. The lowest BCUT2D eigenvalue weighted by Crippen LogP contribution is -2.29. The fourth-order valence-electron chi connectivity index (χ4n) is 2.85. The molecule has 0 radical (unpaired) electrons. The van der Waals surface area contributed by atoms with E-state index in [-0.39, 0.29) is 24.0 Å². The molecule has 1 aliphatic carbocycles. The van der Waals surface area contributed by atoms with Crippen LogP contribution in [-0.2, 0) is 16.0 Å². The summed E-state index contributed by atoms with van der Waals surface area (Å²) in [7, 11) is 0. The van der Waals surface area contributed by atoms with Crippen LogP contribution in [0.15, 0.2) is 29.4 Å². The molecule has 0 saturated heterocycles. The predicted octanol–water partition coefficient (Wildman–Crippen LogP) is 1.72. The van der Waals surface area contributed by atoms with Crippen LogP contribution in [0.3, 0.4) is 0 Å². The molecule has 0 bridgehead atoms. The first-order valence-electron chi connectivity index (χ1n) is 10.0. The molecule has 3 N–H and O–H groups in total. The van der Waals surface area contributed by atoms with Gasteiger partial charge in [-0.15, -0.1) is 10.2 Å². The second-order valence-electron chi connectivity index (χ2n) is 6.86. The monoisotopic (exact) mass is 433 g/mol. The van der Waals surface area contributed by atoms with Gasteiger partial charge >= 0.3 is 0 Å². The van der Waals surface area contributed by atoms with Crippen LogP contribution < -0.4 is 20.5 Å². The van der Waals surface area contributed by atoms with Gasteiger partial charge in [0.05, 0.1) is 18.9 Å². The minimum Gasteiger partial charge on any atom is -0.494 e. The average Bonchev–Trinajstić information content (AvgIpc) is 3.49. The number of rotatable bonds is 13. The Morgan fingerprint density at radius 2 is 1.90 bits per heavy atom. The van der Waals surface area contributed by atoms with Gasteiger partial charge in [-0.3, -0.25) is 9.59 Å². The van der Waals surface area contributed by atoms with Crippen LogP contribution in [0, 0.1) is 0 Å². The van der Waals surface area contributed by atoms with E-state index in [4.69, 9.17) is 15.2 Å². The minimum absolute atomic E-state index is 0.0978. The van der Waals surface area contributed by atoms with Gasteiger partial charge in [0.2, 0.25) is 11.8 Å². The van der Waals surface area contributed by atoms with Crippen LogP contribution in [0.25, 0.3) is 0 Å². The molecule has 162 valence electrons. The van der Waals surface area contributed by atoms with Crippen molar-refractivity contribution in [3.8, 4) is 11.5 Å². The van der Waals surface area contributed by atoms with Crippen molar-refractivity contribution in [2.75, 3.05) is 25.5 Å².